The lowest BCUT2D eigenvalue weighted by Gasteiger charge is -2.46. The SMILES string of the molecule is C=CC(=O)N[C@H]1CCC[C@H]1NC(=O)C1=C2NC(=O)N(c3cnc(Oc4ccccc4)cc3C)C3CCNC(S1)C23. The number of pyridine rings is 1. The number of nitrogens with one attached hydrogen (secondary N) is 4. The maximum absolute atomic E-state index is 13.6. The summed E-state index contributed by atoms with van der Waals surface area (Å²) in [6.45, 7) is 6.19. The molecule has 208 valence electrons. The van der Waals surface area contributed by atoms with Crippen molar-refractivity contribution in [1.82, 2.24) is 26.3 Å². The highest BCUT2D eigenvalue weighted by atomic mass is 32.2. The van der Waals surface area contributed by atoms with E-state index >= 15 is 0 Å². The highest BCUT2D eigenvalue weighted by Crippen LogP contribution is 2.48. The Morgan fingerprint density at radius 2 is 1.95 bits per heavy atom. The monoisotopic (exact) mass is 560 g/mol. The van der Waals surface area contributed by atoms with Gasteiger partial charge < -0.3 is 26.0 Å². The average molecular weight is 561 g/mol. The van der Waals surface area contributed by atoms with E-state index in [4.69, 9.17) is 4.74 Å². The Morgan fingerprint density at radius 3 is 2.70 bits per heavy atom. The zero-order valence-electron chi connectivity index (χ0n) is 22.2. The fourth-order valence-electron chi connectivity index (χ4n) is 6.12. The fourth-order valence-corrected chi connectivity index (χ4v) is 7.52. The summed E-state index contributed by atoms with van der Waals surface area (Å²) >= 11 is 1.47. The maximum atomic E-state index is 13.6. The minimum Gasteiger partial charge on any atom is -0.439 e. The second-order valence-corrected chi connectivity index (χ2v) is 11.6. The van der Waals surface area contributed by atoms with Crippen molar-refractivity contribution in [2.75, 3.05) is 11.4 Å². The molecule has 3 aliphatic heterocycles. The zero-order valence-corrected chi connectivity index (χ0v) is 23.0. The highest BCUT2D eigenvalue weighted by Gasteiger charge is 2.52. The van der Waals surface area contributed by atoms with Crippen LogP contribution < -0.4 is 30.9 Å². The number of rotatable bonds is 7. The fraction of sp³-hybridized carbons (Fsp3) is 0.379. The summed E-state index contributed by atoms with van der Waals surface area (Å²) < 4.78 is 5.89. The van der Waals surface area contributed by atoms with Gasteiger partial charge in [0, 0.05) is 29.8 Å². The molecule has 4 N–H and O–H groups in total. The Balaban J connectivity index is 1.22. The standard InChI is InChI=1S/C29H32N6O4S/c1-3-22(36)32-18-10-7-11-19(18)33-27(37)26-25-24-20(12-13-30-28(24)40-26)35(29(38)34-25)21-15-31-23(14-16(21)2)39-17-8-5-4-6-9-17/h3-6,8-9,14-15,18-20,24,28,30H,1,7,10-13H2,2H3,(H,32,36)(H,33,37)(H,34,38)/t18-,19+,20?,24?,28?/m0/s1. The van der Waals surface area contributed by atoms with Crippen molar-refractivity contribution < 1.29 is 19.1 Å². The van der Waals surface area contributed by atoms with Crippen molar-refractivity contribution >= 4 is 35.3 Å². The Labute approximate surface area is 237 Å². The number of hydrogen-bond donors (Lipinski definition) is 4. The van der Waals surface area contributed by atoms with E-state index in [1.165, 1.54) is 17.8 Å². The molecule has 0 radical (unpaired) electrons. The Kier molecular flexibility index (Phi) is 7.24. The van der Waals surface area contributed by atoms with E-state index in [1.807, 2.05) is 43.3 Å². The number of aryl methyl sites for hydroxylation is 1. The smallest absolute Gasteiger partial charge is 0.326 e. The third-order valence-corrected chi connectivity index (χ3v) is 9.33. The van der Waals surface area contributed by atoms with Crippen molar-refractivity contribution in [3.8, 4) is 11.6 Å². The van der Waals surface area contributed by atoms with Gasteiger partial charge in [0.25, 0.3) is 5.91 Å². The van der Waals surface area contributed by atoms with Gasteiger partial charge >= 0.3 is 6.03 Å². The van der Waals surface area contributed by atoms with Crippen LogP contribution in [0.25, 0.3) is 0 Å². The first kappa shape index (κ1) is 26.4. The van der Waals surface area contributed by atoms with E-state index in [9.17, 15) is 14.4 Å². The molecule has 2 aromatic rings. The van der Waals surface area contributed by atoms with E-state index < -0.39 is 0 Å². The van der Waals surface area contributed by atoms with Gasteiger partial charge in [-0.3, -0.25) is 14.5 Å². The molecule has 1 aliphatic carbocycles. The van der Waals surface area contributed by atoms with Gasteiger partial charge in [0.2, 0.25) is 11.8 Å². The summed E-state index contributed by atoms with van der Waals surface area (Å²) in [5, 5.41) is 12.6. The van der Waals surface area contributed by atoms with Crippen LogP contribution in [0.5, 0.6) is 11.6 Å². The number of piperidine rings is 1. The van der Waals surface area contributed by atoms with E-state index in [0.29, 0.717) is 22.2 Å². The lowest BCUT2D eigenvalue weighted by molar-refractivity contribution is -0.119. The molecule has 5 atom stereocenters. The predicted molar refractivity (Wildman–Crippen MR) is 153 cm³/mol. The van der Waals surface area contributed by atoms with Gasteiger partial charge in [0.1, 0.15) is 5.75 Å². The van der Waals surface area contributed by atoms with Gasteiger partial charge in [0.05, 0.1) is 28.2 Å². The van der Waals surface area contributed by atoms with E-state index in [1.54, 1.807) is 11.1 Å². The molecular formula is C29H32N6O4S. The Bertz CT molecular complexity index is 1380. The molecule has 1 aromatic carbocycles. The molecule has 11 heteroatoms. The molecule has 6 rings (SSSR count). The number of thioether (sulfide) groups is 1. The lowest BCUT2D eigenvalue weighted by atomic mass is 9.86. The first-order chi connectivity index (χ1) is 19.4. The summed E-state index contributed by atoms with van der Waals surface area (Å²) in [7, 11) is 0. The number of nitrogens with zero attached hydrogens (tertiary/aromatic N) is 2. The van der Waals surface area contributed by atoms with Crippen LogP contribution in [0.3, 0.4) is 0 Å². The number of benzene rings is 1. The number of carbonyl (C=O) groups excluding carboxylic acids is 3. The number of aromatic nitrogens is 1. The van der Waals surface area contributed by atoms with Gasteiger partial charge in [-0.1, -0.05) is 36.5 Å². The second kappa shape index (κ2) is 11.0. The molecule has 4 aliphatic rings. The van der Waals surface area contributed by atoms with Crippen LogP contribution in [-0.4, -0.2) is 52.9 Å². The van der Waals surface area contributed by atoms with E-state index in [-0.39, 0.29) is 47.3 Å². The van der Waals surface area contributed by atoms with Crippen molar-refractivity contribution in [1.29, 1.82) is 0 Å². The van der Waals surface area contributed by atoms with Crippen LogP contribution in [0.15, 0.2) is 65.9 Å². The van der Waals surface area contributed by atoms with Crippen molar-refractivity contribution in [2.24, 2.45) is 5.92 Å². The molecule has 3 unspecified atom stereocenters. The number of urea groups is 1. The molecule has 0 spiro atoms. The molecule has 4 heterocycles. The van der Waals surface area contributed by atoms with E-state index in [0.717, 1.165) is 43.5 Å². The number of carbonyl (C=O) groups is 3. The lowest BCUT2D eigenvalue weighted by Crippen LogP contribution is -2.62. The van der Waals surface area contributed by atoms with Gasteiger partial charge in [0.15, 0.2) is 0 Å². The summed E-state index contributed by atoms with van der Waals surface area (Å²) in [4.78, 5) is 45.8. The predicted octanol–water partition coefficient (Wildman–Crippen LogP) is 3.31. The minimum atomic E-state index is -0.275. The van der Waals surface area contributed by atoms with Crippen LogP contribution in [0.1, 0.15) is 31.2 Å². The molecule has 0 bridgehead atoms. The van der Waals surface area contributed by atoms with Crippen LogP contribution in [-0.2, 0) is 9.59 Å². The van der Waals surface area contributed by atoms with Crippen molar-refractivity contribution in [3.05, 3.63) is 71.4 Å². The third-order valence-electron chi connectivity index (χ3n) is 7.98. The average Bonchev–Trinajstić information content (AvgIpc) is 3.55. The molecule has 3 fully saturated rings. The van der Waals surface area contributed by atoms with Gasteiger partial charge in [-0.15, -0.1) is 0 Å². The minimum absolute atomic E-state index is 0.0357. The summed E-state index contributed by atoms with van der Waals surface area (Å²) in [6, 6.07) is 10.6. The normalized spacial score (nSPS) is 27.1. The number of anilines is 1. The van der Waals surface area contributed by atoms with Crippen LogP contribution in [0.2, 0.25) is 0 Å². The quantitative estimate of drug-likeness (QED) is 0.383. The molecule has 40 heavy (non-hydrogen) atoms. The zero-order chi connectivity index (χ0) is 27.8. The van der Waals surface area contributed by atoms with Gasteiger partial charge in [-0.2, -0.15) is 0 Å². The number of para-hydroxylation sites is 1. The highest BCUT2D eigenvalue weighted by molar-refractivity contribution is 8.04. The maximum Gasteiger partial charge on any atom is 0.326 e. The molecule has 10 nitrogen and oxygen atoms in total. The molecule has 4 amide bonds. The van der Waals surface area contributed by atoms with Gasteiger partial charge in [-0.25, -0.2) is 9.78 Å². The van der Waals surface area contributed by atoms with Crippen LogP contribution >= 0.6 is 11.8 Å². The topological polar surface area (TPSA) is 125 Å². The molecule has 1 saturated carbocycles. The summed E-state index contributed by atoms with van der Waals surface area (Å²) in [5.74, 6) is 0.615. The van der Waals surface area contributed by atoms with Crippen LogP contribution in [0, 0.1) is 12.8 Å². The Hall–Kier alpha value is -3.83. The summed E-state index contributed by atoms with van der Waals surface area (Å²) in [5.41, 5.74) is 2.26. The second-order valence-electron chi connectivity index (χ2n) is 10.5. The molecule has 1 aromatic heterocycles. The number of amides is 4. The van der Waals surface area contributed by atoms with Crippen molar-refractivity contribution in [2.45, 2.75) is 56.1 Å². The third kappa shape index (κ3) is 4.95. The van der Waals surface area contributed by atoms with Gasteiger partial charge in [-0.05, 0) is 62.9 Å². The number of ether oxygens (including phenoxy) is 1. The summed E-state index contributed by atoms with van der Waals surface area (Å²) in [6.07, 6.45) is 6.17. The first-order valence-corrected chi connectivity index (χ1v) is 14.5. The van der Waals surface area contributed by atoms with Crippen LogP contribution in [0.4, 0.5) is 10.5 Å². The largest absolute Gasteiger partial charge is 0.439 e. The number of hydrogen-bond acceptors (Lipinski definition) is 7. The molecular weight excluding hydrogens is 528 g/mol. The van der Waals surface area contributed by atoms with E-state index in [2.05, 4.69) is 32.8 Å². The Morgan fingerprint density at radius 1 is 1.18 bits per heavy atom. The van der Waals surface area contributed by atoms with Crippen molar-refractivity contribution in [3.63, 3.8) is 0 Å². The molecule has 2 saturated heterocycles. The first-order valence-electron chi connectivity index (χ1n) is 13.6.